The van der Waals surface area contributed by atoms with Crippen LogP contribution in [0.5, 0.6) is 0 Å². The highest BCUT2D eigenvalue weighted by Gasteiger charge is 2.38. The molecule has 2 aromatic rings. The van der Waals surface area contributed by atoms with Crippen LogP contribution in [-0.4, -0.2) is 51.8 Å². The summed E-state index contributed by atoms with van der Waals surface area (Å²) in [6.45, 7) is 8.21. The van der Waals surface area contributed by atoms with E-state index < -0.39 is 17.8 Å². The van der Waals surface area contributed by atoms with Gasteiger partial charge in [0.15, 0.2) is 0 Å². The molecule has 0 spiro atoms. The quantitative estimate of drug-likeness (QED) is 0.818. The van der Waals surface area contributed by atoms with Crippen LogP contribution in [0.3, 0.4) is 0 Å². The highest BCUT2D eigenvalue weighted by Crippen LogP contribution is 2.33. The second-order valence-electron chi connectivity index (χ2n) is 8.30. The van der Waals surface area contributed by atoms with Crippen LogP contribution >= 0.6 is 0 Å². The van der Waals surface area contributed by atoms with Crippen molar-refractivity contribution in [3.05, 3.63) is 48.0 Å². The van der Waals surface area contributed by atoms with Crippen molar-refractivity contribution in [1.82, 2.24) is 9.80 Å². The predicted molar refractivity (Wildman–Crippen MR) is 108 cm³/mol. The molecule has 2 atom stereocenters. The lowest BCUT2D eigenvalue weighted by Gasteiger charge is -2.36. The third-order valence-corrected chi connectivity index (χ3v) is 5.12. The summed E-state index contributed by atoms with van der Waals surface area (Å²) in [5.41, 5.74) is 0.400. The molecular weight excluding hydrogens is 356 g/mol. The number of benzene rings is 2. The Morgan fingerprint density at radius 2 is 1.86 bits per heavy atom. The summed E-state index contributed by atoms with van der Waals surface area (Å²) in [6, 6.07) is 13.7. The van der Waals surface area contributed by atoms with Crippen molar-refractivity contribution in [2.24, 2.45) is 0 Å². The highest BCUT2D eigenvalue weighted by atomic mass is 16.6. The minimum Gasteiger partial charge on any atom is -0.465 e. The summed E-state index contributed by atoms with van der Waals surface area (Å²) < 4.78 is 5.68. The number of nitrogens with zero attached hydrogens (tertiary/aromatic N) is 2. The molecule has 1 aliphatic heterocycles. The largest absolute Gasteiger partial charge is 0.465 e. The fraction of sp³-hybridized carbons (Fsp3) is 0.455. The van der Waals surface area contributed by atoms with E-state index in [4.69, 9.17) is 4.74 Å². The number of amides is 2. The van der Waals surface area contributed by atoms with Crippen LogP contribution in [0, 0.1) is 0 Å². The summed E-state index contributed by atoms with van der Waals surface area (Å²) in [7, 11) is 0. The molecule has 6 heteroatoms. The Balaban J connectivity index is 1.98. The second-order valence-corrected chi connectivity index (χ2v) is 8.30. The van der Waals surface area contributed by atoms with Gasteiger partial charge < -0.3 is 14.7 Å². The van der Waals surface area contributed by atoms with Gasteiger partial charge in [-0.25, -0.2) is 9.59 Å². The molecule has 2 aromatic carbocycles. The number of fused-ring (bicyclic) bond motifs is 1. The van der Waals surface area contributed by atoms with Crippen molar-refractivity contribution >= 4 is 23.0 Å². The van der Waals surface area contributed by atoms with E-state index in [1.165, 1.54) is 4.90 Å². The first kappa shape index (κ1) is 20.0. The van der Waals surface area contributed by atoms with Gasteiger partial charge in [-0.3, -0.25) is 4.90 Å². The maximum Gasteiger partial charge on any atom is 0.411 e. The van der Waals surface area contributed by atoms with Crippen LogP contribution in [0.4, 0.5) is 9.59 Å². The first-order valence-electron chi connectivity index (χ1n) is 9.64. The van der Waals surface area contributed by atoms with E-state index in [0.717, 1.165) is 16.3 Å². The number of ether oxygens (including phenoxy) is 1. The molecule has 1 N–H and O–H groups in total. The molecule has 2 amide bonds. The van der Waals surface area contributed by atoms with E-state index in [0.29, 0.717) is 19.5 Å². The summed E-state index contributed by atoms with van der Waals surface area (Å²) >= 11 is 0. The summed E-state index contributed by atoms with van der Waals surface area (Å²) in [5, 5.41) is 11.5. The first-order chi connectivity index (χ1) is 13.2. The zero-order chi connectivity index (χ0) is 20.5. The SMILES string of the molecule is C[C@H](c1cccc2ccccc12)N(C(=O)OC(C)(C)C)[C@@H]1CCN(C(=O)O)C1. The molecule has 1 fully saturated rings. The minimum absolute atomic E-state index is 0.222. The van der Waals surface area contributed by atoms with Crippen molar-refractivity contribution in [2.75, 3.05) is 13.1 Å². The van der Waals surface area contributed by atoms with Crippen molar-refractivity contribution < 1.29 is 19.4 Å². The fourth-order valence-corrected chi connectivity index (χ4v) is 3.85. The number of carboxylic acid groups (broad SMARTS) is 1. The third-order valence-electron chi connectivity index (χ3n) is 5.12. The number of likely N-dealkylation sites (tertiary alicyclic amines) is 1. The zero-order valence-corrected chi connectivity index (χ0v) is 16.9. The number of hydrogen-bond acceptors (Lipinski definition) is 3. The molecule has 3 rings (SSSR count). The third kappa shape index (κ3) is 4.21. The van der Waals surface area contributed by atoms with Gasteiger partial charge in [0.05, 0.1) is 12.1 Å². The molecule has 0 saturated carbocycles. The van der Waals surface area contributed by atoms with Gasteiger partial charge in [-0.15, -0.1) is 0 Å². The van der Waals surface area contributed by atoms with E-state index in [1.807, 2.05) is 70.2 Å². The Kier molecular flexibility index (Phi) is 5.49. The average molecular weight is 384 g/mol. The van der Waals surface area contributed by atoms with Gasteiger partial charge in [-0.05, 0) is 50.5 Å². The molecule has 0 aliphatic carbocycles. The van der Waals surface area contributed by atoms with Gasteiger partial charge in [0.1, 0.15) is 5.60 Å². The van der Waals surface area contributed by atoms with Crippen LogP contribution in [0.2, 0.25) is 0 Å². The molecule has 1 heterocycles. The van der Waals surface area contributed by atoms with E-state index in [9.17, 15) is 14.7 Å². The average Bonchev–Trinajstić information content (AvgIpc) is 3.09. The molecule has 28 heavy (non-hydrogen) atoms. The van der Waals surface area contributed by atoms with Crippen molar-refractivity contribution in [1.29, 1.82) is 0 Å². The molecule has 0 unspecified atom stereocenters. The van der Waals surface area contributed by atoms with Crippen LogP contribution in [0.15, 0.2) is 42.5 Å². The normalized spacial score (nSPS) is 18.1. The Morgan fingerprint density at radius 3 is 2.50 bits per heavy atom. The lowest BCUT2D eigenvalue weighted by Crippen LogP contribution is -2.46. The van der Waals surface area contributed by atoms with Crippen LogP contribution in [-0.2, 0) is 4.74 Å². The van der Waals surface area contributed by atoms with Crippen LogP contribution in [0.1, 0.15) is 45.7 Å². The molecule has 6 nitrogen and oxygen atoms in total. The number of rotatable bonds is 3. The zero-order valence-electron chi connectivity index (χ0n) is 16.9. The van der Waals surface area contributed by atoms with Gasteiger partial charge in [-0.1, -0.05) is 42.5 Å². The van der Waals surface area contributed by atoms with E-state index in [1.54, 1.807) is 4.90 Å². The lowest BCUT2D eigenvalue weighted by molar-refractivity contribution is 0.00737. The first-order valence-corrected chi connectivity index (χ1v) is 9.64. The molecule has 1 aliphatic rings. The van der Waals surface area contributed by atoms with Gasteiger partial charge in [-0.2, -0.15) is 0 Å². The maximum absolute atomic E-state index is 13.1. The van der Waals surface area contributed by atoms with Crippen LogP contribution < -0.4 is 0 Å². The Bertz CT molecular complexity index is 869. The highest BCUT2D eigenvalue weighted by molar-refractivity contribution is 5.86. The minimum atomic E-state index is -0.954. The smallest absolute Gasteiger partial charge is 0.411 e. The monoisotopic (exact) mass is 384 g/mol. The Hall–Kier alpha value is -2.76. The Labute approximate surface area is 165 Å². The second kappa shape index (κ2) is 7.70. The standard InChI is InChI=1S/C22H28N2O4/c1-15(18-11-7-9-16-8-5-6-10-19(16)18)24(21(27)28-22(2,3)4)17-12-13-23(14-17)20(25)26/h5-11,15,17H,12-14H2,1-4H3,(H,25,26)/t15-,17-/m1/s1. The van der Waals surface area contributed by atoms with E-state index in [-0.39, 0.29) is 12.1 Å². The molecule has 0 radical (unpaired) electrons. The van der Waals surface area contributed by atoms with Crippen molar-refractivity contribution in [3.63, 3.8) is 0 Å². The molecular formula is C22H28N2O4. The fourth-order valence-electron chi connectivity index (χ4n) is 3.85. The number of hydrogen-bond donors (Lipinski definition) is 1. The summed E-state index contributed by atoms with van der Waals surface area (Å²) in [5.74, 6) is 0. The summed E-state index contributed by atoms with van der Waals surface area (Å²) in [6.07, 6.45) is -0.768. The Morgan fingerprint density at radius 1 is 1.18 bits per heavy atom. The van der Waals surface area contributed by atoms with E-state index >= 15 is 0 Å². The topological polar surface area (TPSA) is 70.1 Å². The maximum atomic E-state index is 13.1. The molecule has 0 bridgehead atoms. The lowest BCUT2D eigenvalue weighted by atomic mass is 9.97. The van der Waals surface area contributed by atoms with Crippen molar-refractivity contribution in [3.8, 4) is 0 Å². The van der Waals surface area contributed by atoms with Gasteiger partial charge in [0, 0.05) is 13.1 Å². The van der Waals surface area contributed by atoms with Gasteiger partial charge in [0.25, 0.3) is 0 Å². The molecule has 0 aromatic heterocycles. The van der Waals surface area contributed by atoms with Crippen molar-refractivity contribution in [2.45, 2.75) is 51.8 Å². The number of carbonyl (C=O) groups is 2. The molecule has 150 valence electrons. The van der Waals surface area contributed by atoms with Crippen LogP contribution in [0.25, 0.3) is 10.8 Å². The van der Waals surface area contributed by atoms with Gasteiger partial charge in [0.2, 0.25) is 0 Å². The number of carbonyl (C=O) groups excluding carboxylic acids is 1. The summed E-state index contributed by atoms with van der Waals surface area (Å²) in [4.78, 5) is 27.6. The van der Waals surface area contributed by atoms with E-state index in [2.05, 4.69) is 0 Å². The predicted octanol–water partition coefficient (Wildman–Crippen LogP) is 4.89. The van der Waals surface area contributed by atoms with Gasteiger partial charge >= 0.3 is 12.2 Å². The molecule has 1 saturated heterocycles.